The fraction of sp³-hybridized carbons (Fsp3) is 0.538. The van der Waals surface area contributed by atoms with Gasteiger partial charge in [-0.2, -0.15) is 13.2 Å². The Morgan fingerprint density at radius 2 is 1.67 bits per heavy atom. The number of hydrogen-bond donors (Lipinski definition) is 0. The van der Waals surface area contributed by atoms with Crippen molar-refractivity contribution in [3.63, 3.8) is 0 Å². The summed E-state index contributed by atoms with van der Waals surface area (Å²) < 4.78 is 47.3. The van der Waals surface area contributed by atoms with E-state index in [9.17, 15) is 13.2 Å². The lowest BCUT2D eigenvalue weighted by Gasteiger charge is -2.18. The molecule has 18 heavy (non-hydrogen) atoms. The SMILES string of the molecule is COC(CC(F)(F)F)c1ccc(OC(C)C)cc1. The summed E-state index contributed by atoms with van der Waals surface area (Å²) in [7, 11) is 1.27. The van der Waals surface area contributed by atoms with Gasteiger partial charge in [0.25, 0.3) is 0 Å². The first kappa shape index (κ1) is 14.8. The fourth-order valence-corrected chi connectivity index (χ4v) is 1.58. The molecule has 102 valence electrons. The molecule has 1 atom stereocenters. The molecule has 0 aliphatic heterocycles. The molecular weight excluding hydrogens is 245 g/mol. The topological polar surface area (TPSA) is 18.5 Å². The van der Waals surface area contributed by atoms with Gasteiger partial charge in [0.1, 0.15) is 5.75 Å². The third kappa shape index (κ3) is 4.96. The molecule has 0 saturated heterocycles. The van der Waals surface area contributed by atoms with Crippen molar-refractivity contribution >= 4 is 0 Å². The molecule has 0 heterocycles. The highest BCUT2D eigenvalue weighted by Gasteiger charge is 2.32. The highest BCUT2D eigenvalue weighted by molar-refractivity contribution is 5.28. The number of halogens is 3. The Labute approximate surface area is 105 Å². The zero-order valence-electron chi connectivity index (χ0n) is 10.6. The fourth-order valence-electron chi connectivity index (χ4n) is 1.58. The molecule has 0 saturated carbocycles. The summed E-state index contributed by atoms with van der Waals surface area (Å²) in [6.07, 6.45) is -6.18. The van der Waals surface area contributed by atoms with Gasteiger partial charge in [-0.1, -0.05) is 12.1 Å². The van der Waals surface area contributed by atoms with E-state index in [1.54, 1.807) is 24.3 Å². The van der Waals surface area contributed by atoms with Crippen molar-refractivity contribution in [1.82, 2.24) is 0 Å². The van der Waals surface area contributed by atoms with E-state index in [4.69, 9.17) is 9.47 Å². The second-order valence-corrected chi connectivity index (χ2v) is 4.28. The first-order chi connectivity index (χ1) is 8.31. The summed E-state index contributed by atoms with van der Waals surface area (Å²) in [6.45, 7) is 3.77. The van der Waals surface area contributed by atoms with Crippen LogP contribution in [0.5, 0.6) is 5.75 Å². The van der Waals surface area contributed by atoms with Crippen LogP contribution in [0.4, 0.5) is 13.2 Å². The van der Waals surface area contributed by atoms with E-state index >= 15 is 0 Å². The minimum Gasteiger partial charge on any atom is -0.491 e. The van der Waals surface area contributed by atoms with Gasteiger partial charge in [-0.05, 0) is 31.5 Å². The van der Waals surface area contributed by atoms with Crippen LogP contribution < -0.4 is 4.74 Å². The monoisotopic (exact) mass is 262 g/mol. The van der Waals surface area contributed by atoms with Crippen molar-refractivity contribution in [1.29, 1.82) is 0 Å². The van der Waals surface area contributed by atoms with Crippen LogP contribution in [-0.2, 0) is 4.74 Å². The summed E-state index contributed by atoms with van der Waals surface area (Å²) in [4.78, 5) is 0. The smallest absolute Gasteiger partial charge is 0.391 e. The number of rotatable bonds is 5. The Morgan fingerprint density at radius 3 is 2.06 bits per heavy atom. The van der Waals surface area contributed by atoms with Gasteiger partial charge in [-0.15, -0.1) is 0 Å². The van der Waals surface area contributed by atoms with Crippen LogP contribution in [0.25, 0.3) is 0 Å². The molecule has 1 aromatic rings. The van der Waals surface area contributed by atoms with Crippen molar-refractivity contribution in [2.75, 3.05) is 7.11 Å². The first-order valence-corrected chi connectivity index (χ1v) is 5.68. The number of hydrogen-bond acceptors (Lipinski definition) is 2. The van der Waals surface area contributed by atoms with E-state index in [-0.39, 0.29) is 6.10 Å². The number of alkyl halides is 3. The number of benzene rings is 1. The Kier molecular flexibility index (Phi) is 5.02. The van der Waals surface area contributed by atoms with E-state index < -0.39 is 18.7 Å². The van der Waals surface area contributed by atoms with Gasteiger partial charge in [-0.25, -0.2) is 0 Å². The Hall–Kier alpha value is -1.23. The molecule has 1 aromatic carbocycles. The standard InChI is InChI=1S/C13H17F3O2/c1-9(2)18-11-6-4-10(5-7-11)12(17-3)8-13(14,15)16/h4-7,9,12H,8H2,1-3H3. The number of methoxy groups -OCH3 is 1. The molecule has 1 unspecified atom stereocenters. The summed E-state index contributed by atoms with van der Waals surface area (Å²) in [5.74, 6) is 0.635. The molecule has 0 aromatic heterocycles. The molecule has 0 spiro atoms. The first-order valence-electron chi connectivity index (χ1n) is 5.68. The van der Waals surface area contributed by atoms with Crippen LogP contribution in [0.1, 0.15) is 31.9 Å². The summed E-state index contributed by atoms with van der Waals surface area (Å²) in [5.41, 5.74) is 0.492. The van der Waals surface area contributed by atoms with Gasteiger partial charge in [0.15, 0.2) is 0 Å². The molecular formula is C13H17F3O2. The van der Waals surface area contributed by atoms with E-state index in [1.807, 2.05) is 13.8 Å². The molecule has 2 nitrogen and oxygen atoms in total. The normalized spacial score (nSPS) is 13.7. The second-order valence-electron chi connectivity index (χ2n) is 4.28. The zero-order chi connectivity index (χ0) is 13.8. The van der Waals surface area contributed by atoms with Crippen molar-refractivity contribution in [2.45, 2.75) is 38.7 Å². The lowest BCUT2D eigenvalue weighted by Crippen LogP contribution is -2.15. The van der Waals surface area contributed by atoms with Gasteiger partial charge in [-0.3, -0.25) is 0 Å². The maximum atomic E-state index is 12.3. The third-order valence-electron chi connectivity index (χ3n) is 2.33. The lowest BCUT2D eigenvalue weighted by atomic mass is 10.1. The Bertz CT molecular complexity index is 357. The number of ether oxygens (including phenoxy) is 2. The lowest BCUT2D eigenvalue weighted by molar-refractivity contribution is -0.158. The molecule has 0 bridgehead atoms. The predicted molar refractivity (Wildman–Crippen MR) is 62.6 cm³/mol. The zero-order valence-corrected chi connectivity index (χ0v) is 10.6. The van der Waals surface area contributed by atoms with Gasteiger partial charge in [0.05, 0.1) is 18.6 Å². The van der Waals surface area contributed by atoms with E-state index in [0.29, 0.717) is 11.3 Å². The molecule has 0 radical (unpaired) electrons. The molecule has 1 rings (SSSR count). The largest absolute Gasteiger partial charge is 0.491 e. The average molecular weight is 262 g/mol. The highest BCUT2D eigenvalue weighted by atomic mass is 19.4. The third-order valence-corrected chi connectivity index (χ3v) is 2.33. The summed E-state index contributed by atoms with van der Waals surface area (Å²) in [5, 5.41) is 0. The minimum atomic E-state index is -4.24. The van der Waals surface area contributed by atoms with Crippen LogP contribution in [0.3, 0.4) is 0 Å². The molecule has 0 N–H and O–H groups in total. The Balaban J connectivity index is 2.75. The van der Waals surface area contributed by atoms with Crippen molar-refractivity contribution in [3.05, 3.63) is 29.8 Å². The van der Waals surface area contributed by atoms with Crippen LogP contribution in [0, 0.1) is 0 Å². The highest BCUT2D eigenvalue weighted by Crippen LogP contribution is 2.32. The van der Waals surface area contributed by atoms with Crippen LogP contribution in [0.15, 0.2) is 24.3 Å². The minimum absolute atomic E-state index is 0.0317. The van der Waals surface area contributed by atoms with Crippen LogP contribution in [-0.4, -0.2) is 19.4 Å². The van der Waals surface area contributed by atoms with Crippen molar-refractivity contribution < 1.29 is 22.6 Å². The molecule has 0 amide bonds. The van der Waals surface area contributed by atoms with Gasteiger partial charge >= 0.3 is 6.18 Å². The second kappa shape index (κ2) is 6.09. The van der Waals surface area contributed by atoms with E-state index in [1.165, 1.54) is 7.11 Å². The molecule has 5 heteroatoms. The van der Waals surface area contributed by atoms with Gasteiger partial charge < -0.3 is 9.47 Å². The average Bonchev–Trinajstić information content (AvgIpc) is 2.25. The summed E-state index contributed by atoms with van der Waals surface area (Å²) in [6, 6.07) is 6.49. The maximum absolute atomic E-state index is 12.3. The van der Waals surface area contributed by atoms with E-state index in [0.717, 1.165) is 0 Å². The Morgan fingerprint density at radius 1 is 1.11 bits per heavy atom. The maximum Gasteiger partial charge on any atom is 0.391 e. The van der Waals surface area contributed by atoms with Crippen molar-refractivity contribution in [2.24, 2.45) is 0 Å². The predicted octanol–water partition coefficient (Wildman–Crippen LogP) is 4.11. The quantitative estimate of drug-likeness (QED) is 0.795. The molecule has 0 fully saturated rings. The van der Waals surface area contributed by atoms with Gasteiger partial charge in [0.2, 0.25) is 0 Å². The molecule has 0 aliphatic carbocycles. The van der Waals surface area contributed by atoms with E-state index in [2.05, 4.69) is 0 Å². The molecule has 0 aliphatic rings. The van der Waals surface area contributed by atoms with Crippen LogP contribution >= 0.6 is 0 Å². The van der Waals surface area contributed by atoms with Crippen molar-refractivity contribution in [3.8, 4) is 5.75 Å². The summed E-state index contributed by atoms with van der Waals surface area (Å²) >= 11 is 0. The van der Waals surface area contributed by atoms with Crippen LogP contribution in [0.2, 0.25) is 0 Å². The van der Waals surface area contributed by atoms with Gasteiger partial charge in [0, 0.05) is 7.11 Å².